The van der Waals surface area contributed by atoms with Gasteiger partial charge in [0.05, 0.1) is 11.0 Å². The predicted molar refractivity (Wildman–Crippen MR) is 104 cm³/mol. The van der Waals surface area contributed by atoms with E-state index in [-0.39, 0.29) is 18.0 Å². The van der Waals surface area contributed by atoms with Crippen LogP contribution in [0.2, 0.25) is 0 Å². The Bertz CT molecular complexity index is 995. The minimum atomic E-state index is -0.501. The number of nitrogens with two attached hydrogens (primary N) is 1. The summed E-state index contributed by atoms with van der Waals surface area (Å²) in [5, 5.41) is 7.63. The highest BCUT2D eigenvalue weighted by atomic mass is 16.6. The smallest absolute Gasteiger partial charge is 0.410 e. The number of fused-ring (bicyclic) bond motifs is 1. The first-order valence-corrected chi connectivity index (χ1v) is 9.37. The Labute approximate surface area is 162 Å². The van der Waals surface area contributed by atoms with Crippen molar-refractivity contribution in [1.82, 2.24) is 24.8 Å². The molecular formula is C19H24N6O3. The molecule has 1 aliphatic rings. The monoisotopic (exact) mass is 384 g/mol. The number of nitrogens with zero attached hydrogens (tertiary/aromatic N) is 5. The van der Waals surface area contributed by atoms with Gasteiger partial charge in [-0.15, -0.1) is 0 Å². The zero-order chi connectivity index (χ0) is 19.9. The number of ether oxygens (including phenoxy) is 1. The summed E-state index contributed by atoms with van der Waals surface area (Å²) in [6.07, 6.45) is 1.28. The fourth-order valence-corrected chi connectivity index (χ4v) is 3.56. The number of nitrogen functional groups attached to an aromatic ring is 1. The van der Waals surface area contributed by atoms with Gasteiger partial charge in [0.25, 0.3) is 0 Å². The highest BCUT2D eigenvalue weighted by Gasteiger charge is 2.30. The summed E-state index contributed by atoms with van der Waals surface area (Å²) in [6, 6.07) is 8.05. The lowest BCUT2D eigenvalue weighted by Crippen LogP contribution is -2.42. The Morgan fingerprint density at radius 3 is 2.57 bits per heavy atom. The molecule has 28 heavy (non-hydrogen) atoms. The maximum atomic E-state index is 12.4. The molecule has 1 aromatic carbocycles. The number of anilines is 1. The molecule has 0 unspecified atom stereocenters. The Morgan fingerprint density at radius 2 is 1.93 bits per heavy atom. The van der Waals surface area contributed by atoms with Crippen molar-refractivity contribution in [1.29, 1.82) is 0 Å². The number of imidazole rings is 1. The molecule has 4 rings (SSSR count). The topological polar surface area (TPSA) is 112 Å². The van der Waals surface area contributed by atoms with Crippen molar-refractivity contribution in [2.24, 2.45) is 0 Å². The van der Waals surface area contributed by atoms with E-state index < -0.39 is 5.60 Å². The summed E-state index contributed by atoms with van der Waals surface area (Å²) in [5.74, 6) is 0.846. The number of carbonyl (C=O) groups excluding carboxylic acids is 1. The quantitative estimate of drug-likeness (QED) is 0.721. The minimum absolute atomic E-state index is 0.150. The molecule has 2 N–H and O–H groups in total. The number of piperidine rings is 1. The van der Waals surface area contributed by atoms with Crippen LogP contribution in [0.3, 0.4) is 0 Å². The van der Waals surface area contributed by atoms with Gasteiger partial charge in [0, 0.05) is 19.1 Å². The van der Waals surface area contributed by atoms with Crippen molar-refractivity contribution < 1.29 is 14.2 Å². The van der Waals surface area contributed by atoms with Crippen LogP contribution >= 0.6 is 0 Å². The molecule has 0 bridgehead atoms. The van der Waals surface area contributed by atoms with Crippen LogP contribution in [0.25, 0.3) is 22.6 Å². The van der Waals surface area contributed by atoms with Gasteiger partial charge < -0.3 is 19.9 Å². The molecule has 148 valence electrons. The van der Waals surface area contributed by atoms with Crippen LogP contribution < -0.4 is 5.73 Å². The lowest BCUT2D eigenvalue weighted by molar-refractivity contribution is 0.0190. The zero-order valence-electron chi connectivity index (χ0n) is 16.3. The highest BCUT2D eigenvalue weighted by molar-refractivity contribution is 5.81. The third kappa shape index (κ3) is 3.39. The maximum absolute atomic E-state index is 12.4. The molecular weight excluding hydrogens is 360 g/mol. The van der Waals surface area contributed by atoms with Gasteiger partial charge in [0.15, 0.2) is 17.3 Å². The van der Waals surface area contributed by atoms with Gasteiger partial charge in [-0.1, -0.05) is 12.1 Å². The average molecular weight is 384 g/mol. The van der Waals surface area contributed by atoms with Gasteiger partial charge in [0.1, 0.15) is 5.60 Å². The maximum Gasteiger partial charge on any atom is 0.410 e. The van der Waals surface area contributed by atoms with Crippen LogP contribution in [0, 0.1) is 0 Å². The Balaban J connectivity index is 1.62. The first kappa shape index (κ1) is 18.3. The van der Waals surface area contributed by atoms with Crippen LogP contribution in [0.5, 0.6) is 0 Å². The lowest BCUT2D eigenvalue weighted by Gasteiger charge is -2.34. The van der Waals surface area contributed by atoms with Gasteiger partial charge >= 0.3 is 6.09 Å². The van der Waals surface area contributed by atoms with E-state index in [1.165, 1.54) is 0 Å². The molecule has 1 aliphatic heterocycles. The number of carbonyl (C=O) groups is 1. The molecule has 9 nitrogen and oxygen atoms in total. The van der Waals surface area contributed by atoms with E-state index in [1.54, 1.807) is 4.90 Å². The predicted octanol–water partition coefficient (Wildman–Crippen LogP) is 3.24. The van der Waals surface area contributed by atoms with E-state index >= 15 is 0 Å². The van der Waals surface area contributed by atoms with Crippen molar-refractivity contribution in [3.05, 3.63) is 24.3 Å². The molecule has 0 saturated carbocycles. The summed E-state index contributed by atoms with van der Waals surface area (Å²) in [6.45, 7) is 6.84. The Kier molecular flexibility index (Phi) is 4.44. The molecule has 3 heterocycles. The number of benzene rings is 1. The number of likely N-dealkylation sites (tertiary alicyclic amines) is 1. The van der Waals surface area contributed by atoms with Crippen LogP contribution in [-0.4, -0.2) is 49.5 Å². The third-order valence-electron chi connectivity index (χ3n) is 4.80. The van der Waals surface area contributed by atoms with E-state index in [1.807, 2.05) is 45.0 Å². The van der Waals surface area contributed by atoms with Crippen molar-refractivity contribution in [3.8, 4) is 11.5 Å². The summed E-state index contributed by atoms with van der Waals surface area (Å²) < 4.78 is 12.4. The molecule has 1 amide bonds. The first-order chi connectivity index (χ1) is 13.3. The van der Waals surface area contributed by atoms with E-state index in [9.17, 15) is 4.79 Å². The van der Waals surface area contributed by atoms with E-state index in [4.69, 9.17) is 20.1 Å². The normalized spacial score (nSPS) is 15.9. The number of para-hydroxylation sites is 2. The van der Waals surface area contributed by atoms with Gasteiger partial charge in [-0.2, -0.15) is 0 Å². The highest BCUT2D eigenvalue weighted by Crippen LogP contribution is 2.34. The van der Waals surface area contributed by atoms with Gasteiger partial charge in [-0.3, -0.25) is 0 Å². The molecule has 0 aliphatic carbocycles. The number of hydrogen-bond donors (Lipinski definition) is 1. The fourth-order valence-electron chi connectivity index (χ4n) is 3.56. The summed E-state index contributed by atoms with van der Waals surface area (Å²) >= 11 is 0. The lowest BCUT2D eigenvalue weighted by atomic mass is 10.0. The fraction of sp³-hybridized carbons (Fsp3) is 0.474. The number of aromatic nitrogens is 4. The number of rotatable bonds is 2. The van der Waals surface area contributed by atoms with Crippen LogP contribution in [0.1, 0.15) is 39.7 Å². The summed E-state index contributed by atoms with van der Waals surface area (Å²) in [7, 11) is 0. The molecule has 0 spiro atoms. The van der Waals surface area contributed by atoms with Crippen LogP contribution in [0.15, 0.2) is 28.9 Å². The standard InChI is InChI=1S/C19H24N6O3/c1-19(2,3)27-18(26)24-10-8-12(9-11-24)25-14-7-5-4-6-13(14)21-17(25)15-16(20)23-28-22-15/h4-7,12H,8-11H2,1-3H3,(H2,20,23). The van der Waals surface area contributed by atoms with Gasteiger partial charge in [-0.25, -0.2) is 14.4 Å². The Hall–Kier alpha value is -3.10. The largest absolute Gasteiger partial charge is 0.444 e. The van der Waals surface area contributed by atoms with Crippen LogP contribution in [-0.2, 0) is 4.74 Å². The third-order valence-corrected chi connectivity index (χ3v) is 4.80. The zero-order valence-corrected chi connectivity index (χ0v) is 16.3. The van der Waals surface area contributed by atoms with Crippen LogP contribution in [0.4, 0.5) is 10.6 Å². The van der Waals surface area contributed by atoms with Gasteiger partial charge in [-0.05, 0) is 56.1 Å². The molecule has 9 heteroatoms. The molecule has 2 aromatic heterocycles. The van der Waals surface area contributed by atoms with E-state index in [0.29, 0.717) is 24.6 Å². The van der Waals surface area contributed by atoms with E-state index in [0.717, 1.165) is 23.9 Å². The Morgan fingerprint density at radius 1 is 1.21 bits per heavy atom. The second-order valence-electron chi connectivity index (χ2n) is 7.99. The molecule has 1 saturated heterocycles. The van der Waals surface area contributed by atoms with Crippen molar-refractivity contribution in [2.45, 2.75) is 45.3 Å². The number of amides is 1. The molecule has 1 fully saturated rings. The molecule has 0 atom stereocenters. The minimum Gasteiger partial charge on any atom is -0.444 e. The van der Waals surface area contributed by atoms with Crippen molar-refractivity contribution in [2.75, 3.05) is 18.8 Å². The second-order valence-corrected chi connectivity index (χ2v) is 7.99. The first-order valence-electron chi connectivity index (χ1n) is 9.37. The van der Waals surface area contributed by atoms with E-state index in [2.05, 4.69) is 14.9 Å². The van der Waals surface area contributed by atoms with Crippen molar-refractivity contribution in [3.63, 3.8) is 0 Å². The van der Waals surface area contributed by atoms with Crippen molar-refractivity contribution >= 4 is 22.9 Å². The summed E-state index contributed by atoms with van der Waals surface area (Å²) in [4.78, 5) is 18.8. The molecule has 0 radical (unpaired) electrons. The molecule has 3 aromatic rings. The SMILES string of the molecule is CC(C)(C)OC(=O)N1CCC(n2c(-c3nonc3N)nc3ccccc32)CC1. The number of hydrogen-bond acceptors (Lipinski definition) is 7. The van der Waals surface area contributed by atoms with Gasteiger partial charge in [0.2, 0.25) is 0 Å². The average Bonchev–Trinajstić information content (AvgIpc) is 3.23. The second kappa shape index (κ2) is 6.81. The summed E-state index contributed by atoms with van der Waals surface area (Å²) in [5.41, 5.74) is 7.71.